The van der Waals surface area contributed by atoms with Gasteiger partial charge in [-0.05, 0) is 69.4 Å². The van der Waals surface area contributed by atoms with Crippen LogP contribution < -0.4 is 14.5 Å². The number of likely N-dealkylation sites (tertiary alicyclic amines) is 1. The molecule has 9 heteroatoms. The minimum absolute atomic E-state index is 0.141. The number of amides is 1. The number of hydrogen-bond donors (Lipinski definition) is 0. The summed E-state index contributed by atoms with van der Waals surface area (Å²) in [6.45, 7) is 11.6. The maximum atomic E-state index is 12.3. The molecule has 1 amide bonds. The van der Waals surface area contributed by atoms with Crippen LogP contribution in [0.1, 0.15) is 36.1 Å². The van der Waals surface area contributed by atoms with Crippen molar-refractivity contribution in [2.75, 3.05) is 63.2 Å². The van der Waals surface area contributed by atoms with Crippen molar-refractivity contribution in [1.82, 2.24) is 19.8 Å². The molecule has 0 N–H and O–H groups in total. The van der Waals surface area contributed by atoms with E-state index in [0.29, 0.717) is 32.2 Å². The number of nitriles is 1. The van der Waals surface area contributed by atoms with E-state index in [9.17, 15) is 10.1 Å². The number of benzene rings is 2. The summed E-state index contributed by atoms with van der Waals surface area (Å²) in [7, 11) is 3.76. The Kier molecular flexibility index (Phi) is 9.23. The molecule has 42 heavy (non-hydrogen) atoms. The minimum Gasteiger partial charge on any atom is -0.467 e. The molecule has 9 nitrogen and oxygen atoms in total. The first kappa shape index (κ1) is 29.3. The number of hydrogen-bond acceptors (Lipinski definition) is 8. The Morgan fingerprint density at radius 3 is 2.52 bits per heavy atom. The smallest absolute Gasteiger partial charge is 0.318 e. The van der Waals surface area contributed by atoms with Gasteiger partial charge >= 0.3 is 6.01 Å². The number of anilines is 2. The zero-order valence-electron chi connectivity index (χ0n) is 25.1. The van der Waals surface area contributed by atoms with Gasteiger partial charge in [-0.2, -0.15) is 15.2 Å². The van der Waals surface area contributed by atoms with Crippen molar-refractivity contribution in [3.63, 3.8) is 0 Å². The monoisotopic (exact) mass is 567 g/mol. The first-order valence-electron chi connectivity index (χ1n) is 14.8. The third-order valence-corrected chi connectivity index (χ3v) is 8.53. The van der Waals surface area contributed by atoms with Crippen molar-refractivity contribution >= 4 is 28.2 Å². The van der Waals surface area contributed by atoms with E-state index in [1.165, 1.54) is 54.0 Å². The largest absolute Gasteiger partial charge is 0.467 e. The van der Waals surface area contributed by atoms with Crippen LogP contribution in [-0.2, 0) is 17.8 Å². The Balaban J connectivity index is 0.000000524. The predicted molar refractivity (Wildman–Crippen MR) is 167 cm³/mol. The molecule has 0 bridgehead atoms. The summed E-state index contributed by atoms with van der Waals surface area (Å²) < 4.78 is 5.50. The van der Waals surface area contributed by atoms with E-state index in [-0.39, 0.29) is 18.4 Å². The first-order valence-corrected chi connectivity index (χ1v) is 14.8. The molecule has 3 aliphatic rings. The lowest BCUT2D eigenvalue weighted by molar-refractivity contribution is -0.128. The molecular formula is C33H41N7O2. The van der Waals surface area contributed by atoms with Gasteiger partial charge in [0.05, 0.1) is 37.9 Å². The van der Waals surface area contributed by atoms with Crippen molar-refractivity contribution in [3.8, 4) is 12.1 Å². The SMILES string of the molecule is C=CC(=O)N1CCN(c2nc(OC)nc3c2CCN(c2cccc4cccc(C)c24)C3)CC1CC#N.CN1CCCC1. The average molecular weight is 568 g/mol. The van der Waals surface area contributed by atoms with Gasteiger partial charge in [-0.3, -0.25) is 4.79 Å². The second-order valence-electron chi connectivity index (χ2n) is 11.3. The number of rotatable bonds is 5. The zero-order chi connectivity index (χ0) is 29.6. The second-order valence-corrected chi connectivity index (χ2v) is 11.3. The number of nitrogens with zero attached hydrogens (tertiary/aromatic N) is 7. The predicted octanol–water partition coefficient (Wildman–Crippen LogP) is 4.34. The van der Waals surface area contributed by atoms with E-state index in [2.05, 4.69) is 77.7 Å². The van der Waals surface area contributed by atoms with Gasteiger partial charge < -0.3 is 24.3 Å². The molecule has 2 fully saturated rings. The topological polar surface area (TPSA) is 88.8 Å². The van der Waals surface area contributed by atoms with Gasteiger partial charge in [0.25, 0.3) is 0 Å². The maximum Gasteiger partial charge on any atom is 0.318 e. The fraction of sp³-hybridized carbons (Fsp3) is 0.455. The van der Waals surface area contributed by atoms with Crippen LogP contribution in [-0.4, -0.2) is 85.1 Å². The number of piperazine rings is 1. The van der Waals surface area contributed by atoms with Crippen molar-refractivity contribution in [2.45, 2.75) is 45.2 Å². The lowest BCUT2D eigenvalue weighted by Crippen LogP contribution is -2.55. The molecule has 4 heterocycles. The summed E-state index contributed by atoms with van der Waals surface area (Å²) in [5.41, 5.74) is 4.53. The number of ether oxygens (including phenoxy) is 1. The number of aryl methyl sites for hydroxylation is 1. The van der Waals surface area contributed by atoms with E-state index in [0.717, 1.165) is 30.0 Å². The van der Waals surface area contributed by atoms with Gasteiger partial charge in [0.2, 0.25) is 5.91 Å². The van der Waals surface area contributed by atoms with Crippen LogP contribution in [0.15, 0.2) is 49.1 Å². The van der Waals surface area contributed by atoms with Crippen molar-refractivity contribution in [3.05, 3.63) is 65.9 Å². The average Bonchev–Trinajstić information content (AvgIpc) is 3.51. The summed E-state index contributed by atoms with van der Waals surface area (Å²) in [4.78, 5) is 30.5. The molecule has 1 unspecified atom stereocenters. The van der Waals surface area contributed by atoms with Crippen molar-refractivity contribution < 1.29 is 9.53 Å². The Morgan fingerprint density at radius 2 is 1.86 bits per heavy atom. The Bertz CT molecular complexity index is 1470. The molecule has 0 spiro atoms. The van der Waals surface area contributed by atoms with Gasteiger partial charge in [-0.25, -0.2) is 0 Å². The van der Waals surface area contributed by atoms with Crippen molar-refractivity contribution in [2.24, 2.45) is 0 Å². The quantitative estimate of drug-likeness (QED) is 0.421. The molecule has 3 aliphatic heterocycles. The second kappa shape index (κ2) is 13.2. The Hall–Kier alpha value is -4.16. The summed E-state index contributed by atoms with van der Waals surface area (Å²) in [6.07, 6.45) is 5.20. The number of aromatic nitrogens is 2. The van der Waals surface area contributed by atoms with Crippen LogP contribution in [0.25, 0.3) is 10.8 Å². The van der Waals surface area contributed by atoms with E-state index in [4.69, 9.17) is 14.7 Å². The van der Waals surface area contributed by atoms with Crippen LogP contribution in [0.5, 0.6) is 6.01 Å². The summed E-state index contributed by atoms with van der Waals surface area (Å²) >= 11 is 0. The van der Waals surface area contributed by atoms with Gasteiger partial charge in [-0.1, -0.05) is 36.9 Å². The van der Waals surface area contributed by atoms with Crippen molar-refractivity contribution in [1.29, 1.82) is 5.26 Å². The molecule has 2 saturated heterocycles. The third-order valence-electron chi connectivity index (χ3n) is 8.53. The molecule has 6 rings (SSSR count). The fourth-order valence-electron chi connectivity index (χ4n) is 6.33. The number of carbonyl (C=O) groups excluding carboxylic acids is 1. The van der Waals surface area contributed by atoms with E-state index < -0.39 is 0 Å². The number of methoxy groups -OCH3 is 1. The van der Waals surface area contributed by atoms with E-state index in [1.54, 1.807) is 12.0 Å². The van der Waals surface area contributed by atoms with Crippen LogP contribution >= 0.6 is 0 Å². The van der Waals surface area contributed by atoms with Crippen LogP contribution in [0.3, 0.4) is 0 Å². The van der Waals surface area contributed by atoms with Gasteiger partial charge in [0.1, 0.15) is 5.82 Å². The molecule has 0 radical (unpaired) electrons. The summed E-state index contributed by atoms with van der Waals surface area (Å²) in [5.74, 6) is 0.706. The standard InChI is InChI=1S/C28H30N6O2.C5H11N/c1-4-25(35)34-16-15-33(17-21(34)11-13-29)27-22-12-14-32(18-23(22)30-28(31-27)36-3)24-10-6-9-20-8-5-7-19(2)26(20)24;1-6-4-2-3-5-6/h4-10,21H,1,11-12,14-18H2,2-3H3;2-5H2,1H3. The van der Waals surface area contributed by atoms with Gasteiger partial charge in [-0.15, -0.1) is 0 Å². The normalized spacial score (nSPS) is 18.6. The molecule has 220 valence electrons. The van der Waals surface area contributed by atoms with E-state index >= 15 is 0 Å². The van der Waals surface area contributed by atoms with Crippen LogP contribution in [0.4, 0.5) is 11.5 Å². The van der Waals surface area contributed by atoms with Crippen LogP contribution in [0.2, 0.25) is 0 Å². The Labute approximate surface area is 249 Å². The van der Waals surface area contributed by atoms with Gasteiger partial charge in [0, 0.05) is 42.8 Å². The third kappa shape index (κ3) is 6.19. The molecule has 1 aromatic heterocycles. The molecular weight excluding hydrogens is 526 g/mol. The zero-order valence-corrected chi connectivity index (χ0v) is 25.1. The number of carbonyl (C=O) groups is 1. The van der Waals surface area contributed by atoms with Gasteiger partial charge in [0.15, 0.2) is 0 Å². The molecule has 3 aromatic rings. The Morgan fingerprint density at radius 1 is 1.10 bits per heavy atom. The highest BCUT2D eigenvalue weighted by Crippen LogP contribution is 2.35. The lowest BCUT2D eigenvalue weighted by atomic mass is 9.99. The maximum absolute atomic E-state index is 12.3. The van der Waals surface area contributed by atoms with E-state index in [1.807, 2.05) is 0 Å². The number of fused-ring (bicyclic) bond motifs is 2. The highest BCUT2D eigenvalue weighted by Gasteiger charge is 2.33. The summed E-state index contributed by atoms with van der Waals surface area (Å²) in [6, 6.07) is 15.2. The molecule has 0 saturated carbocycles. The molecule has 1 atom stereocenters. The highest BCUT2D eigenvalue weighted by atomic mass is 16.5. The summed E-state index contributed by atoms with van der Waals surface area (Å²) in [5, 5.41) is 11.9. The fourth-order valence-corrected chi connectivity index (χ4v) is 6.33. The first-order chi connectivity index (χ1) is 20.4. The lowest BCUT2D eigenvalue weighted by Gasteiger charge is -2.42. The van der Waals surface area contributed by atoms with Crippen LogP contribution in [0, 0.1) is 18.3 Å². The highest BCUT2D eigenvalue weighted by molar-refractivity contribution is 5.97. The minimum atomic E-state index is -0.218. The molecule has 2 aromatic carbocycles. The molecule has 0 aliphatic carbocycles.